The number of nitrogens with one attached hydrogen (secondary N) is 2. The van der Waals surface area contributed by atoms with E-state index in [1.54, 1.807) is 6.33 Å². The molecule has 134 valence electrons. The number of urea groups is 1. The van der Waals surface area contributed by atoms with Gasteiger partial charge >= 0.3 is 6.03 Å². The van der Waals surface area contributed by atoms with Crippen molar-refractivity contribution in [3.05, 3.63) is 6.33 Å². The van der Waals surface area contributed by atoms with Crippen molar-refractivity contribution < 1.29 is 9.59 Å². The third kappa shape index (κ3) is 6.51. The highest BCUT2D eigenvalue weighted by molar-refractivity contribution is 7.99. The van der Waals surface area contributed by atoms with Crippen molar-refractivity contribution in [3.8, 4) is 0 Å². The van der Waals surface area contributed by atoms with Crippen LogP contribution in [-0.4, -0.2) is 38.5 Å². The molecule has 8 heteroatoms. The molecule has 0 aliphatic heterocycles. The Balaban J connectivity index is 1.69. The number of thioether (sulfide) groups is 1. The molecule has 0 bridgehead atoms. The van der Waals surface area contributed by atoms with Crippen LogP contribution in [0.2, 0.25) is 0 Å². The molecule has 2 rings (SSSR count). The summed E-state index contributed by atoms with van der Waals surface area (Å²) in [6.07, 6.45) is 10.6. The second-order valence-electron chi connectivity index (χ2n) is 6.16. The molecule has 24 heavy (non-hydrogen) atoms. The summed E-state index contributed by atoms with van der Waals surface area (Å²) in [5, 5.41) is 13.9. The number of hydrogen-bond acceptors (Lipinski definition) is 5. The smallest absolute Gasteiger partial charge is 0.321 e. The van der Waals surface area contributed by atoms with Gasteiger partial charge in [0.2, 0.25) is 5.91 Å². The SMILES string of the molecule is CCCCCn1cnnc1SCC(=O)NC(=O)NC1CCCCC1. The summed E-state index contributed by atoms with van der Waals surface area (Å²) >= 11 is 1.31. The molecule has 0 unspecified atom stereocenters. The van der Waals surface area contributed by atoms with E-state index in [0.29, 0.717) is 5.16 Å². The summed E-state index contributed by atoms with van der Waals surface area (Å²) in [6.45, 7) is 3.01. The van der Waals surface area contributed by atoms with Gasteiger partial charge in [-0.15, -0.1) is 10.2 Å². The standard InChI is InChI=1S/C16H27N5O2S/c1-2-3-7-10-21-12-17-20-16(21)24-11-14(22)19-15(23)18-13-8-5-4-6-9-13/h12-13H,2-11H2,1H3,(H2,18,19,22,23). The first kappa shape index (κ1) is 18.8. The topological polar surface area (TPSA) is 88.9 Å². The van der Waals surface area contributed by atoms with Crippen LogP contribution in [0.15, 0.2) is 11.5 Å². The monoisotopic (exact) mass is 353 g/mol. The maximum atomic E-state index is 11.9. The van der Waals surface area contributed by atoms with Gasteiger partial charge in [-0.2, -0.15) is 0 Å². The quantitative estimate of drug-likeness (QED) is 0.554. The Morgan fingerprint density at radius 3 is 2.83 bits per heavy atom. The van der Waals surface area contributed by atoms with Gasteiger partial charge < -0.3 is 9.88 Å². The minimum atomic E-state index is -0.392. The molecule has 0 radical (unpaired) electrons. The number of hydrogen-bond donors (Lipinski definition) is 2. The van der Waals surface area contributed by atoms with Crippen LogP contribution in [0.5, 0.6) is 0 Å². The fraction of sp³-hybridized carbons (Fsp3) is 0.750. The van der Waals surface area contributed by atoms with E-state index in [9.17, 15) is 9.59 Å². The summed E-state index contributed by atoms with van der Waals surface area (Å²) in [5.41, 5.74) is 0. The van der Waals surface area contributed by atoms with Crippen LogP contribution in [0.3, 0.4) is 0 Å². The minimum Gasteiger partial charge on any atom is -0.335 e. The second-order valence-corrected chi connectivity index (χ2v) is 7.10. The van der Waals surface area contributed by atoms with Crippen molar-refractivity contribution in [2.45, 2.75) is 76.0 Å². The van der Waals surface area contributed by atoms with Gasteiger partial charge in [-0.3, -0.25) is 10.1 Å². The molecule has 1 aromatic heterocycles. The number of carbonyl (C=O) groups excluding carboxylic acids is 2. The lowest BCUT2D eigenvalue weighted by atomic mass is 9.96. The summed E-state index contributed by atoms with van der Waals surface area (Å²) in [4.78, 5) is 23.8. The van der Waals surface area contributed by atoms with Crippen molar-refractivity contribution in [2.75, 3.05) is 5.75 Å². The van der Waals surface area contributed by atoms with Crippen molar-refractivity contribution >= 4 is 23.7 Å². The summed E-state index contributed by atoms with van der Waals surface area (Å²) in [5.74, 6) is -0.152. The second kappa shape index (κ2) is 10.3. The predicted octanol–water partition coefficient (Wildman–Crippen LogP) is 2.72. The molecule has 0 atom stereocenters. The first-order valence-corrected chi connectivity index (χ1v) is 9.78. The van der Waals surface area contributed by atoms with Crippen molar-refractivity contribution in [1.82, 2.24) is 25.4 Å². The Hall–Kier alpha value is -1.57. The number of rotatable bonds is 8. The molecule has 1 aliphatic carbocycles. The number of amides is 3. The van der Waals surface area contributed by atoms with E-state index in [2.05, 4.69) is 27.8 Å². The third-order valence-corrected chi connectivity index (χ3v) is 5.09. The van der Waals surface area contributed by atoms with Crippen LogP contribution < -0.4 is 10.6 Å². The first-order valence-electron chi connectivity index (χ1n) is 8.80. The number of unbranched alkanes of at least 4 members (excludes halogenated alkanes) is 2. The Kier molecular flexibility index (Phi) is 8.07. The Bertz CT molecular complexity index is 528. The fourth-order valence-electron chi connectivity index (χ4n) is 2.80. The number of imide groups is 1. The number of carbonyl (C=O) groups is 2. The number of aryl methyl sites for hydroxylation is 1. The Labute approximate surface area is 147 Å². The van der Waals surface area contributed by atoms with Gasteiger partial charge in [-0.05, 0) is 19.3 Å². The maximum Gasteiger partial charge on any atom is 0.321 e. The highest BCUT2D eigenvalue weighted by atomic mass is 32.2. The zero-order chi connectivity index (χ0) is 17.2. The van der Waals surface area contributed by atoms with E-state index < -0.39 is 6.03 Å². The van der Waals surface area contributed by atoms with Crippen molar-refractivity contribution in [3.63, 3.8) is 0 Å². The molecule has 1 aromatic rings. The van der Waals surface area contributed by atoms with Gasteiger partial charge in [-0.25, -0.2) is 4.79 Å². The highest BCUT2D eigenvalue weighted by Gasteiger charge is 2.17. The van der Waals surface area contributed by atoms with Crippen LogP contribution in [0.1, 0.15) is 58.3 Å². The molecule has 7 nitrogen and oxygen atoms in total. The lowest BCUT2D eigenvalue weighted by molar-refractivity contribution is -0.117. The van der Waals surface area contributed by atoms with Gasteiger partial charge in [0.15, 0.2) is 5.16 Å². The first-order chi connectivity index (χ1) is 11.7. The van der Waals surface area contributed by atoms with Crippen LogP contribution >= 0.6 is 11.8 Å². The minimum absolute atomic E-state index is 0.157. The highest BCUT2D eigenvalue weighted by Crippen LogP contribution is 2.17. The molecule has 0 saturated heterocycles. The lowest BCUT2D eigenvalue weighted by Gasteiger charge is -2.22. The largest absolute Gasteiger partial charge is 0.335 e. The molecular weight excluding hydrogens is 326 g/mol. The molecule has 0 aromatic carbocycles. The summed E-state index contributed by atoms with van der Waals surface area (Å²) in [7, 11) is 0. The molecule has 1 heterocycles. The van der Waals surface area contributed by atoms with Gasteiger partial charge in [0.1, 0.15) is 6.33 Å². The normalized spacial score (nSPS) is 15.2. The molecule has 0 spiro atoms. The molecule has 1 aliphatic rings. The Morgan fingerprint density at radius 1 is 1.29 bits per heavy atom. The lowest BCUT2D eigenvalue weighted by Crippen LogP contribution is -2.45. The maximum absolute atomic E-state index is 11.9. The molecule has 1 fully saturated rings. The van der Waals surface area contributed by atoms with Crippen LogP contribution in [0.25, 0.3) is 0 Å². The van der Waals surface area contributed by atoms with Crippen LogP contribution in [-0.2, 0) is 11.3 Å². The zero-order valence-corrected chi connectivity index (χ0v) is 15.1. The van der Waals surface area contributed by atoms with Crippen molar-refractivity contribution in [2.24, 2.45) is 0 Å². The van der Waals surface area contributed by atoms with E-state index >= 15 is 0 Å². The van der Waals surface area contributed by atoms with Crippen molar-refractivity contribution in [1.29, 1.82) is 0 Å². The summed E-state index contributed by atoms with van der Waals surface area (Å²) < 4.78 is 1.95. The summed E-state index contributed by atoms with van der Waals surface area (Å²) in [6, 6.07) is -0.197. The predicted molar refractivity (Wildman–Crippen MR) is 93.8 cm³/mol. The van der Waals surface area contributed by atoms with E-state index in [-0.39, 0.29) is 17.7 Å². The van der Waals surface area contributed by atoms with Crippen LogP contribution in [0.4, 0.5) is 4.79 Å². The Morgan fingerprint density at radius 2 is 2.08 bits per heavy atom. The van der Waals surface area contributed by atoms with Crippen LogP contribution in [0, 0.1) is 0 Å². The molecule has 1 saturated carbocycles. The van der Waals surface area contributed by atoms with E-state index in [1.807, 2.05) is 4.57 Å². The fourth-order valence-corrected chi connectivity index (χ4v) is 3.54. The number of aromatic nitrogens is 3. The number of nitrogens with zero attached hydrogens (tertiary/aromatic N) is 3. The average molecular weight is 353 g/mol. The molecular formula is C16H27N5O2S. The van der Waals surface area contributed by atoms with Gasteiger partial charge in [0.25, 0.3) is 0 Å². The van der Waals surface area contributed by atoms with E-state index in [1.165, 1.54) is 18.2 Å². The van der Waals surface area contributed by atoms with E-state index in [0.717, 1.165) is 51.5 Å². The molecule has 2 N–H and O–H groups in total. The van der Waals surface area contributed by atoms with E-state index in [4.69, 9.17) is 0 Å². The zero-order valence-electron chi connectivity index (χ0n) is 14.3. The van der Waals surface area contributed by atoms with Gasteiger partial charge in [0.05, 0.1) is 5.75 Å². The van der Waals surface area contributed by atoms with Gasteiger partial charge in [0, 0.05) is 12.6 Å². The third-order valence-electron chi connectivity index (χ3n) is 4.11. The average Bonchev–Trinajstić information content (AvgIpc) is 3.01. The molecule has 3 amide bonds. The van der Waals surface area contributed by atoms with Gasteiger partial charge in [-0.1, -0.05) is 50.8 Å².